The first-order valence-corrected chi connectivity index (χ1v) is 4.85. The van der Waals surface area contributed by atoms with Gasteiger partial charge in [0, 0.05) is 6.54 Å². The van der Waals surface area contributed by atoms with E-state index in [-0.39, 0.29) is 0 Å². The van der Waals surface area contributed by atoms with Gasteiger partial charge in [0.1, 0.15) is 0 Å². The molecule has 1 saturated heterocycles. The molecule has 1 heteroatoms. The Hall–Kier alpha value is -0.560. The van der Waals surface area contributed by atoms with Crippen LogP contribution >= 0.6 is 0 Å². The Morgan fingerprint density at radius 3 is 2.25 bits per heavy atom. The highest BCUT2D eigenvalue weighted by Gasteiger charge is 2.08. The lowest BCUT2D eigenvalue weighted by Gasteiger charge is -2.19. The van der Waals surface area contributed by atoms with Gasteiger partial charge in [-0.1, -0.05) is 32.1 Å². The Bertz CT molecular complexity index is 152. The van der Waals surface area contributed by atoms with E-state index in [2.05, 4.69) is 18.1 Å². The monoisotopic (exact) mass is 165 g/mol. The van der Waals surface area contributed by atoms with Crippen molar-refractivity contribution in [2.24, 2.45) is 0 Å². The molecule has 0 aromatic carbocycles. The van der Waals surface area contributed by atoms with E-state index >= 15 is 0 Å². The zero-order valence-corrected chi connectivity index (χ0v) is 7.89. The molecule has 1 heterocycles. The molecule has 0 aromatic heterocycles. The van der Waals surface area contributed by atoms with Crippen molar-refractivity contribution in [3.63, 3.8) is 0 Å². The molecule has 1 rings (SSSR count). The number of likely N-dealkylation sites (tertiary alicyclic amines) is 1. The molecule has 12 heavy (non-hydrogen) atoms. The first-order chi connectivity index (χ1) is 5.83. The van der Waals surface area contributed by atoms with Crippen molar-refractivity contribution in [1.82, 2.24) is 4.90 Å². The van der Waals surface area contributed by atoms with Gasteiger partial charge in [-0.25, -0.2) is 0 Å². The summed E-state index contributed by atoms with van der Waals surface area (Å²) in [7, 11) is 0. The van der Waals surface area contributed by atoms with E-state index in [9.17, 15) is 0 Å². The van der Waals surface area contributed by atoms with Crippen LogP contribution in [-0.2, 0) is 0 Å². The minimum atomic E-state index is 1.02. The van der Waals surface area contributed by atoms with Gasteiger partial charge in [0.15, 0.2) is 0 Å². The molecular formula is C11H19N. The Kier molecular flexibility index (Phi) is 4.09. The zero-order valence-electron chi connectivity index (χ0n) is 7.89. The molecule has 1 nitrogen and oxygen atoms in total. The van der Waals surface area contributed by atoms with Crippen molar-refractivity contribution in [1.29, 1.82) is 0 Å². The van der Waals surface area contributed by atoms with E-state index in [1.54, 1.807) is 0 Å². The highest BCUT2D eigenvalue weighted by Crippen LogP contribution is 2.10. The molecule has 0 aliphatic carbocycles. The maximum atomic E-state index is 3.94. The molecular weight excluding hydrogens is 146 g/mol. The summed E-state index contributed by atoms with van der Waals surface area (Å²) in [5.74, 6) is 0. The summed E-state index contributed by atoms with van der Waals surface area (Å²) in [5, 5.41) is 0. The Labute approximate surface area is 75.8 Å². The fourth-order valence-electron chi connectivity index (χ4n) is 1.65. The third kappa shape index (κ3) is 3.22. The molecule has 0 saturated carbocycles. The van der Waals surface area contributed by atoms with Gasteiger partial charge in [-0.05, 0) is 31.5 Å². The van der Waals surface area contributed by atoms with Gasteiger partial charge in [-0.15, -0.1) is 0 Å². The smallest absolute Gasteiger partial charge is 0.0227 e. The predicted molar refractivity (Wildman–Crippen MR) is 54.2 cm³/mol. The van der Waals surface area contributed by atoms with Crippen molar-refractivity contribution in [2.75, 3.05) is 19.6 Å². The molecule has 0 unspecified atom stereocenters. The summed E-state index contributed by atoms with van der Waals surface area (Å²) in [6, 6.07) is 0. The third-order valence-corrected chi connectivity index (χ3v) is 2.41. The van der Waals surface area contributed by atoms with E-state index in [1.807, 2.05) is 6.08 Å². The maximum Gasteiger partial charge on any atom is 0.0227 e. The average molecular weight is 165 g/mol. The molecule has 0 atom stereocenters. The van der Waals surface area contributed by atoms with Crippen LogP contribution in [0.1, 0.15) is 25.7 Å². The topological polar surface area (TPSA) is 3.24 Å². The summed E-state index contributed by atoms with van der Waals surface area (Å²) in [6.07, 6.45) is 7.37. The van der Waals surface area contributed by atoms with E-state index in [1.165, 1.54) is 38.8 Å². The standard InChI is InChI=1S/C11H19N/c1-3-11(2)10-12-8-6-4-5-7-9-12/h3H,1-2,4-10H2. The second-order valence-corrected chi connectivity index (χ2v) is 3.55. The van der Waals surface area contributed by atoms with Crippen molar-refractivity contribution in [3.05, 3.63) is 24.8 Å². The number of hydrogen-bond acceptors (Lipinski definition) is 1. The largest absolute Gasteiger partial charge is 0.299 e. The molecule has 0 radical (unpaired) electrons. The minimum Gasteiger partial charge on any atom is -0.299 e. The first-order valence-electron chi connectivity index (χ1n) is 4.85. The van der Waals surface area contributed by atoms with Crippen LogP contribution in [0.5, 0.6) is 0 Å². The van der Waals surface area contributed by atoms with Gasteiger partial charge < -0.3 is 0 Å². The normalized spacial score (nSPS) is 20.0. The van der Waals surface area contributed by atoms with Crippen molar-refractivity contribution in [2.45, 2.75) is 25.7 Å². The molecule has 0 spiro atoms. The SMILES string of the molecule is C=CC(=C)CN1CCCCCC1. The van der Waals surface area contributed by atoms with Crippen LogP contribution < -0.4 is 0 Å². The van der Waals surface area contributed by atoms with Gasteiger partial charge in [0.2, 0.25) is 0 Å². The summed E-state index contributed by atoms with van der Waals surface area (Å²) in [4.78, 5) is 2.48. The molecule has 0 amide bonds. The highest BCUT2D eigenvalue weighted by molar-refractivity contribution is 5.12. The van der Waals surface area contributed by atoms with E-state index in [0.29, 0.717) is 0 Å². The maximum absolute atomic E-state index is 3.94. The first kappa shape index (κ1) is 9.53. The predicted octanol–water partition coefficient (Wildman–Crippen LogP) is 2.60. The van der Waals surface area contributed by atoms with Crippen LogP contribution in [0.4, 0.5) is 0 Å². The van der Waals surface area contributed by atoms with Gasteiger partial charge in [-0.3, -0.25) is 4.90 Å². The van der Waals surface area contributed by atoms with E-state index < -0.39 is 0 Å². The Morgan fingerprint density at radius 1 is 1.17 bits per heavy atom. The average Bonchev–Trinajstić information content (AvgIpc) is 2.33. The fraction of sp³-hybridized carbons (Fsp3) is 0.636. The summed E-state index contributed by atoms with van der Waals surface area (Å²) in [5.41, 5.74) is 1.15. The van der Waals surface area contributed by atoms with Gasteiger partial charge >= 0.3 is 0 Å². The summed E-state index contributed by atoms with van der Waals surface area (Å²) >= 11 is 0. The zero-order chi connectivity index (χ0) is 8.81. The van der Waals surface area contributed by atoms with Gasteiger partial charge in [0.25, 0.3) is 0 Å². The van der Waals surface area contributed by atoms with E-state index in [4.69, 9.17) is 0 Å². The number of rotatable bonds is 3. The van der Waals surface area contributed by atoms with Crippen LogP contribution in [0, 0.1) is 0 Å². The van der Waals surface area contributed by atoms with Crippen molar-refractivity contribution < 1.29 is 0 Å². The van der Waals surface area contributed by atoms with Gasteiger partial charge in [0.05, 0.1) is 0 Å². The van der Waals surface area contributed by atoms with Crippen LogP contribution in [0.3, 0.4) is 0 Å². The summed E-state index contributed by atoms with van der Waals surface area (Å²) in [6.45, 7) is 11.2. The molecule has 1 fully saturated rings. The molecule has 0 N–H and O–H groups in total. The Balaban J connectivity index is 2.29. The van der Waals surface area contributed by atoms with Crippen LogP contribution in [0.15, 0.2) is 24.8 Å². The second-order valence-electron chi connectivity index (χ2n) is 3.55. The van der Waals surface area contributed by atoms with Crippen LogP contribution in [-0.4, -0.2) is 24.5 Å². The van der Waals surface area contributed by atoms with Crippen molar-refractivity contribution >= 4 is 0 Å². The minimum absolute atomic E-state index is 1.02. The summed E-state index contributed by atoms with van der Waals surface area (Å²) < 4.78 is 0. The third-order valence-electron chi connectivity index (χ3n) is 2.41. The lowest BCUT2D eigenvalue weighted by molar-refractivity contribution is 0.311. The quantitative estimate of drug-likeness (QED) is 0.581. The van der Waals surface area contributed by atoms with Crippen molar-refractivity contribution in [3.8, 4) is 0 Å². The lowest BCUT2D eigenvalue weighted by atomic mass is 10.2. The molecule has 1 aliphatic heterocycles. The molecule has 0 bridgehead atoms. The molecule has 1 aliphatic rings. The second kappa shape index (κ2) is 5.15. The Morgan fingerprint density at radius 2 is 1.75 bits per heavy atom. The molecule has 68 valence electrons. The van der Waals surface area contributed by atoms with Gasteiger partial charge in [-0.2, -0.15) is 0 Å². The lowest BCUT2D eigenvalue weighted by Crippen LogP contribution is -2.26. The highest BCUT2D eigenvalue weighted by atomic mass is 15.1. The molecule has 0 aromatic rings. The number of hydrogen-bond donors (Lipinski definition) is 0. The van der Waals surface area contributed by atoms with Crippen LogP contribution in [0.2, 0.25) is 0 Å². The number of nitrogens with zero attached hydrogens (tertiary/aromatic N) is 1. The van der Waals surface area contributed by atoms with E-state index in [0.717, 1.165) is 12.1 Å². The van der Waals surface area contributed by atoms with Crippen LogP contribution in [0.25, 0.3) is 0 Å². The fourth-order valence-corrected chi connectivity index (χ4v) is 1.65.